The molecule has 0 fully saturated rings. The second kappa shape index (κ2) is 8.75. The van der Waals surface area contributed by atoms with Crippen molar-refractivity contribution < 1.29 is 14.2 Å². The largest absolute Gasteiger partial charge is 0.491 e. The van der Waals surface area contributed by atoms with E-state index in [1.807, 2.05) is 54.1 Å². The van der Waals surface area contributed by atoms with Crippen molar-refractivity contribution in [2.45, 2.75) is 11.6 Å². The third-order valence-electron chi connectivity index (χ3n) is 4.25. The van der Waals surface area contributed by atoms with Crippen molar-refractivity contribution in [3.8, 4) is 28.6 Å². The first-order valence-corrected chi connectivity index (χ1v) is 10.4. The quantitative estimate of drug-likeness (QED) is 0.435. The standard InChI is InChI=1S/C20H20ClN3O3S/c1-24-19(14-7-8-17-18(13-14)26-10-4-9-25-17)22-23-20(24)28-12-11-27-16-6-3-2-5-15(16)21/h2-3,5-8,13H,4,9-12H2,1H3. The summed E-state index contributed by atoms with van der Waals surface area (Å²) in [5.74, 6) is 3.73. The number of thioether (sulfide) groups is 1. The first-order valence-electron chi connectivity index (χ1n) is 9.02. The van der Waals surface area contributed by atoms with Gasteiger partial charge >= 0.3 is 0 Å². The maximum Gasteiger partial charge on any atom is 0.191 e. The van der Waals surface area contributed by atoms with E-state index >= 15 is 0 Å². The van der Waals surface area contributed by atoms with Crippen molar-refractivity contribution in [2.24, 2.45) is 7.05 Å². The first-order chi connectivity index (χ1) is 13.7. The number of nitrogens with zero attached hydrogens (tertiary/aromatic N) is 3. The predicted molar refractivity (Wildman–Crippen MR) is 110 cm³/mol. The highest BCUT2D eigenvalue weighted by molar-refractivity contribution is 7.99. The highest BCUT2D eigenvalue weighted by Gasteiger charge is 2.16. The first kappa shape index (κ1) is 19.0. The number of rotatable bonds is 6. The molecule has 0 aliphatic carbocycles. The van der Waals surface area contributed by atoms with Crippen molar-refractivity contribution in [1.82, 2.24) is 14.8 Å². The van der Waals surface area contributed by atoms with Gasteiger partial charge in [-0.15, -0.1) is 10.2 Å². The van der Waals surface area contributed by atoms with E-state index < -0.39 is 0 Å². The van der Waals surface area contributed by atoms with E-state index in [1.54, 1.807) is 11.8 Å². The second-order valence-corrected chi connectivity index (χ2v) is 7.67. The molecule has 1 aliphatic heterocycles. The van der Waals surface area contributed by atoms with Gasteiger partial charge in [0.25, 0.3) is 0 Å². The van der Waals surface area contributed by atoms with Crippen LogP contribution < -0.4 is 14.2 Å². The highest BCUT2D eigenvalue weighted by atomic mass is 35.5. The Morgan fingerprint density at radius 3 is 2.79 bits per heavy atom. The van der Waals surface area contributed by atoms with Gasteiger partial charge < -0.3 is 18.8 Å². The lowest BCUT2D eigenvalue weighted by Gasteiger charge is -2.09. The van der Waals surface area contributed by atoms with Crippen molar-refractivity contribution in [1.29, 1.82) is 0 Å². The Bertz CT molecular complexity index is 964. The van der Waals surface area contributed by atoms with Crippen LogP contribution >= 0.6 is 23.4 Å². The van der Waals surface area contributed by atoms with Crippen LogP contribution in [0.3, 0.4) is 0 Å². The molecule has 1 aromatic heterocycles. The van der Waals surface area contributed by atoms with Crippen LogP contribution in [0.25, 0.3) is 11.4 Å². The summed E-state index contributed by atoms with van der Waals surface area (Å²) in [5.41, 5.74) is 0.943. The van der Waals surface area contributed by atoms with Gasteiger partial charge in [0.15, 0.2) is 22.5 Å². The van der Waals surface area contributed by atoms with E-state index in [1.165, 1.54) is 0 Å². The monoisotopic (exact) mass is 417 g/mol. The van der Waals surface area contributed by atoms with Crippen LogP contribution in [0.2, 0.25) is 5.02 Å². The molecule has 6 nitrogen and oxygen atoms in total. The maximum absolute atomic E-state index is 6.10. The van der Waals surface area contributed by atoms with Gasteiger partial charge in [-0.1, -0.05) is 35.5 Å². The van der Waals surface area contributed by atoms with Crippen molar-refractivity contribution >= 4 is 23.4 Å². The number of hydrogen-bond donors (Lipinski definition) is 0. The fraction of sp³-hybridized carbons (Fsp3) is 0.300. The highest BCUT2D eigenvalue weighted by Crippen LogP contribution is 2.34. The van der Waals surface area contributed by atoms with Gasteiger partial charge in [-0.05, 0) is 30.3 Å². The molecule has 0 saturated heterocycles. The Morgan fingerprint density at radius 1 is 1.11 bits per heavy atom. The van der Waals surface area contributed by atoms with Crippen LogP contribution in [0.5, 0.6) is 17.2 Å². The summed E-state index contributed by atoms with van der Waals surface area (Å²) in [6, 6.07) is 13.3. The molecule has 2 aromatic carbocycles. The average Bonchev–Trinajstić information content (AvgIpc) is 2.92. The van der Waals surface area contributed by atoms with E-state index in [0.29, 0.717) is 30.6 Å². The molecule has 0 N–H and O–H groups in total. The minimum Gasteiger partial charge on any atom is -0.491 e. The molecule has 4 rings (SSSR count). The van der Waals surface area contributed by atoms with E-state index in [9.17, 15) is 0 Å². The normalized spacial score (nSPS) is 13.2. The molecule has 1 aliphatic rings. The topological polar surface area (TPSA) is 58.4 Å². The molecular weight excluding hydrogens is 398 g/mol. The lowest BCUT2D eigenvalue weighted by Crippen LogP contribution is -2.02. The van der Waals surface area contributed by atoms with Gasteiger partial charge in [-0.25, -0.2) is 0 Å². The zero-order valence-electron chi connectivity index (χ0n) is 15.4. The maximum atomic E-state index is 6.10. The van der Waals surface area contributed by atoms with Crippen molar-refractivity contribution in [3.05, 3.63) is 47.5 Å². The summed E-state index contributed by atoms with van der Waals surface area (Å²) in [6.45, 7) is 1.86. The lowest BCUT2D eigenvalue weighted by atomic mass is 10.2. The second-order valence-electron chi connectivity index (χ2n) is 6.20. The molecule has 3 aromatic rings. The number of para-hydroxylation sites is 1. The lowest BCUT2D eigenvalue weighted by molar-refractivity contribution is 0.297. The van der Waals surface area contributed by atoms with Gasteiger partial charge in [-0.3, -0.25) is 0 Å². The zero-order valence-corrected chi connectivity index (χ0v) is 17.0. The zero-order chi connectivity index (χ0) is 19.3. The molecular formula is C20H20ClN3O3S. The number of ether oxygens (including phenoxy) is 3. The van der Waals surface area contributed by atoms with Crippen molar-refractivity contribution in [3.63, 3.8) is 0 Å². The fourth-order valence-electron chi connectivity index (χ4n) is 2.84. The number of fused-ring (bicyclic) bond motifs is 1. The summed E-state index contributed by atoms with van der Waals surface area (Å²) in [6.07, 6.45) is 0.880. The molecule has 8 heteroatoms. The smallest absolute Gasteiger partial charge is 0.191 e. The van der Waals surface area contributed by atoms with E-state index in [4.69, 9.17) is 25.8 Å². The summed E-state index contributed by atoms with van der Waals surface area (Å²) in [7, 11) is 1.95. The molecule has 0 unspecified atom stereocenters. The molecule has 0 saturated carbocycles. The summed E-state index contributed by atoms with van der Waals surface area (Å²) in [4.78, 5) is 0. The van der Waals surface area contributed by atoms with Crippen LogP contribution in [-0.4, -0.2) is 40.3 Å². The minimum absolute atomic E-state index is 0.528. The van der Waals surface area contributed by atoms with Gasteiger partial charge in [0.2, 0.25) is 0 Å². The number of benzene rings is 2. The van der Waals surface area contributed by atoms with Gasteiger partial charge in [0.1, 0.15) is 5.75 Å². The van der Waals surface area contributed by atoms with Crippen LogP contribution in [0, 0.1) is 0 Å². The molecule has 2 heterocycles. The molecule has 0 bridgehead atoms. The van der Waals surface area contributed by atoms with Crippen LogP contribution in [-0.2, 0) is 7.05 Å². The predicted octanol–water partition coefficient (Wildman–Crippen LogP) is 4.47. The Hall–Kier alpha value is -2.38. The number of hydrogen-bond acceptors (Lipinski definition) is 6. The minimum atomic E-state index is 0.528. The Balaban J connectivity index is 1.40. The van der Waals surface area contributed by atoms with Crippen LogP contribution in [0.1, 0.15) is 6.42 Å². The van der Waals surface area contributed by atoms with E-state index in [2.05, 4.69) is 10.2 Å². The number of halogens is 1. The Labute approximate surface area is 172 Å². The molecule has 0 amide bonds. The molecule has 28 heavy (non-hydrogen) atoms. The van der Waals surface area contributed by atoms with E-state index in [0.717, 1.165) is 40.2 Å². The van der Waals surface area contributed by atoms with Gasteiger partial charge in [0, 0.05) is 24.8 Å². The molecule has 0 radical (unpaired) electrons. The fourth-order valence-corrected chi connectivity index (χ4v) is 3.76. The summed E-state index contributed by atoms with van der Waals surface area (Å²) in [5, 5.41) is 10.1. The molecule has 146 valence electrons. The average molecular weight is 418 g/mol. The Morgan fingerprint density at radius 2 is 1.93 bits per heavy atom. The third kappa shape index (κ3) is 4.20. The van der Waals surface area contributed by atoms with Gasteiger partial charge in [0.05, 0.1) is 24.8 Å². The summed E-state index contributed by atoms with van der Waals surface area (Å²) >= 11 is 7.68. The SMILES string of the molecule is Cn1c(SCCOc2ccccc2Cl)nnc1-c1ccc2c(c1)OCCCO2. The summed E-state index contributed by atoms with van der Waals surface area (Å²) < 4.78 is 19.2. The van der Waals surface area contributed by atoms with Crippen LogP contribution in [0.4, 0.5) is 0 Å². The molecule has 0 atom stereocenters. The van der Waals surface area contributed by atoms with Crippen LogP contribution in [0.15, 0.2) is 47.6 Å². The molecule has 0 spiro atoms. The number of aromatic nitrogens is 3. The van der Waals surface area contributed by atoms with E-state index in [-0.39, 0.29) is 0 Å². The Kier molecular flexibility index (Phi) is 5.92. The van der Waals surface area contributed by atoms with Crippen molar-refractivity contribution in [2.75, 3.05) is 25.6 Å². The van der Waals surface area contributed by atoms with Gasteiger partial charge in [-0.2, -0.15) is 0 Å². The third-order valence-corrected chi connectivity index (χ3v) is 5.55.